The van der Waals surface area contributed by atoms with E-state index in [0.717, 1.165) is 15.4 Å². The van der Waals surface area contributed by atoms with Gasteiger partial charge in [-0.2, -0.15) is 0 Å². The Kier molecular flexibility index (Phi) is 1.70. The van der Waals surface area contributed by atoms with Gasteiger partial charge in [-0.3, -0.25) is 0 Å². The summed E-state index contributed by atoms with van der Waals surface area (Å²) in [5.41, 5.74) is 2.38. The Bertz CT molecular complexity index is 470. The fourth-order valence-electron chi connectivity index (χ4n) is 1.36. The summed E-state index contributed by atoms with van der Waals surface area (Å²) in [7, 11) is 0. The topological polar surface area (TPSA) is 15.8 Å². The molecular formula is C10H9NS. The molecule has 1 heterocycles. The molecule has 0 aliphatic heterocycles. The highest BCUT2D eigenvalue weighted by Crippen LogP contribution is 2.15. The molecular weight excluding hydrogens is 166 g/mol. The van der Waals surface area contributed by atoms with E-state index < -0.39 is 0 Å². The van der Waals surface area contributed by atoms with Crippen molar-refractivity contribution in [3.8, 4) is 0 Å². The molecule has 0 fully saturated rings. The molecule has 1 nitrogen and oxygen atoms in total. The summed E-state index contributed by atoms with van der Waals surface area (Å²) in [6.45, 7) is 2.08. The van der Waals surface area contributed by atoms with Crippen LogP contribution in [0, 0.1) is 11.4 Å². The van der Waals surface area contributed by atoms with E-state index in [1.807, 2.05) is 24.4 Å². The first-order valence-electron chi connectivity index (χ1n) is 3.86. The Hall–Kier alpha value is -1.15. The zero-order chi connectivity index (χ0) is 8.55. The summed E-state index contributed by atoms with van der Waals surface area (Å²) in [6, 6.07) is 8.06. The van der Waals surface area contributed by atoms with Gasteiger partial charge >= 0.3 is 0 Å². The van der Waals surface area contributed by atoms with Crippen LogP contribution in [-0.2, 0) is 0 Å². The average Bonchev–Trinajstić information content (AvgIpc) is 2.07. The monoisotopic (exact) mass is 175 g/mol. The molecule has 0 saturated carbocycles. The number of hydrogen-bond donors (Lipinski definition) is 1. The number of aromatic amines is 1. The smallest absolute Gasteiger partial charge is 0.0497 e. The highest BCUT2D eigenvalue weighted by atomic mass is 32.1. The predicted molar refractivity (Wildman–Crippen MR) is 53.9 cm³/mol. The Morgan fingerprint density at radius 3 is 2.83 bits per heavy atom. The predicted octanol–water partition coefficient (Wildman–Crippen LogP) is 3.21. The van der Waals surface area contributed by atoms with Gasteiger partial charge in [0.2, 0.25) is 0 Å². The molecule has 2 heteroatoms. The standard InChI is InChI=1S/C10H9NS/c1-7-3-2-4-8-9(12)5-6-11-10(7)8/h2-6H,1H3,(H,11,12). The Labute approximate surface area is 76.1 Å². The number of fused-ring (bicyclic) bond motifs is 1. The molecule has 1 aromatic heterocycles. The van der Waals surface area contributed by atoms with E-state index in [1.165, 1.54) is 5.56 Å². The van der Waals surface area contributed by atoms with Crippen LogP contribution in [0.2, 0.25) is 0 Å². The summed E-state index contributed by atoms with van der Waals surface area (Å²) < 4.78 is 0.910. The Morgan fingerprint density at radius 1 is 1.25 bits per heavy atom. The van der Waals surface area contributed by atoms with E-state index in [0.29, 0.717) is 0 Å². The molecule has 2 rings (SSSR count). The van der Waals surface area contributed by atoms with Gasteiger partial charge in [0.1, 0.15) is 0 Å². The maximum absolute atomic E-state index is 5.19. The minimum absolute atomic E-state index is 0.910. The first-order valence-corrected chi connectivity index (χ1v) is 4.27. The lowest BCUT2D eigenvalue weighted by atomic mass is 10.1. The summed E-state index contributed by atoms with van der Waals surface area (Å²) in [5, 5.41) is 1.13. The number of nitrogens with one attached hydrogen (secondary N) is 1. The first-order chi connectivity index (χ1) is 5.79. The van der Waals surface area contributed by atoms with Crippen LogP contribution in [0.3, 0.4) is 0 Å². The van der Waals surface area contributed by atoms with Crippen molar-refractivity contribution < 1.29 is 0 Å². The second-order valence-corrected chi connectivity index (χ2v) is 3.28. The molecule has 0 saturated heterocycles. The number of hydrogen-bond acceptors (Lipinski definition) is 1. The lowest BCUT2D eigenvalue weighted by Crippen LogP contribution is -1.81. The quantitative estimate of drug-likeness (QED) is 0.608. The van der Waals surface area contributed by atoms with Crippen molar-refractivity contribution in [2.75, 3.05) is 0 Å². The molecule has 0 unspecified atom stereocenters. The molecule has 0 spiro atoms. The number of benzene rings is 1. The van der Waals surface area contributed by atoms with Gasteiger partial charge in [0.25, 0.3) is 0 Å². The van der Waals surface area contributed by atoms with Crippen molar-refractivity contribution >= 4 is 23.1 Å². The highest BCUT2D eigenvalue weighted by Gasteiger charge is 1.95. The molecule has 60 valence electrons. The average molecular weight is 175 g/mol. The Morgan fingerprint density at radius 2 is 2.08 bits per heavy atom. The van der Waals surface area contributed by atoms with Gasteiger partial charge in [0.15, 0.2) is 0 Å². The zero-order valence-electron chi connectivity index (χ0n) is 6.79. The van der Waals surface area contributed by atoms with Crippen LogP contribution in [-0.4, -0.2) is 4.98 Å². The van der Waals surface area contributed by atoms with Crippen molar-refractivity contribution in [2.45, 2.75) is 6.92 Å². The fourth-order valence-corrected chi connectivity index (χ4v) is 1.59. The Balaban J connectivity index is 3.05. The van der Waals surface area contributed by atoms with Crippen LogP contribution in [0.5, 0.6) is 0 Å². The zero-order valence-corrected chi connectivity index (χ0v) is 7.61. The molecule has 0 radical (unpaired) electrons. The van der Waals surface area contributed by atoms with Gasteiger partial charge in [-0.25, -0.2) is 0 Å². The number of para-hydroxylation sites is 1. The molecule has 0 amide bonds. The van der Waals surface area contributed by atoms with Crippen LogP contribution in [0.15, 0.2) is 30.5 Å². The van der Waals surface area contributed by atoms with Crippen molar-refractivity contribution in [1.82, 2.24) is 4.98 Å². The van der Waals surface area contributed by atoms with E-state index in [9.17, 15) is 0 Å². The first kappa shape index (κ1) is 7.50. The van der Waals surface area contributed by atoms with Gasteiger partial charge < -0.3 is 4.98 Å². The van der Waals surface area contributed by atoms with Crippen LogP contribution < -0.4 is 0 Å². The molecule has 0 aliphatic carbocycles. The number of aromatic nitrogens is 1. The summed E-state index contributed by atoms with van der Waals surface area (Å²) in [6.07, 6.45) is 1.89. The van der Waals surface area contributed by atoms with Crippen LogP contribution >= 0.6 is 12.2 Å². The van der Waals surface area contributed by atoms with Crippen molar-refractivity contribution in [3.05, 3.63) is 40.5 Å². The molecule has 0 atom stereocenters. The SMILES string of the molecule is Cc1cccc2c(=S)cc[nH]c12. The number of pyridine rings is 1. The largest absolute Gasteiger partial charge is 0.361 e. The minimum atomic E-state index is 0.910. The number of H-pyrrole nitrogens is 1. The fraction of sp³-hybridized carbons (Fsp3) is 0.100. The van der Waals surface area contributed by atoms with E-state index >= 15 is 0 Å². The van der Waals surface area contributed by atoms with Gasteiger partial charge in [-0.15, -0.1) is 0 Å². The molecule has 0 bridgehead atoms. The maximum Gasteiger partial charge on any atom is 0.0497 e. The van der Waals surface area contributed by atoms with E-state index in [1.54, 1.807) is 0 Å². The summed E-state index contributed by atoms with van der Waals surface area (Å²) >= 11 is 5.19. The van der Waals surface area contributed by atoms with E-state index in [4.69, 9.17) is 12.2 Å². The van der Waals surface area contributed by atoms with E-state index in [2.05, 4.69) is 18.0 Å². The molecule has 2 aromatic rings. The van der Waals surface area contributed by atoms with Crippen molar-refractivity contribution in [1.29, 1.82) is 0 Å². The summed E-state index contributed by atoms with van der Waals surface area (Å²) in [4.78, 5) is 3.19. The van der Waals surface area contributed by atoms with Gasteiger partial charge in [-0.1, -0.05) is 30.4 Å². The summed E-state index contributed by atoms with van der Waals surface area (Å²) in [5.74, 6) is 0. The normalized spacial score (nSPS) is 10.4. The highest BCUT2D eigenvalue weighted by molar-refractivity contribution is 7.71. The number of rotatable bonds is 0. The second-order valence-electron chi connectivity index (χ2n) is 2.84. The van der Waals surface area contributed by atoms with Gasteiger partial charge in [0, 0.05) is 21.6 Å². The van der Waals surface area contributed by atoms with Crippen LogP contribution in [0.1, 0.15) is 5.56 Å². The van der Waals surface area contributed by atoms with Crippen LogP contribution in [0.25, 0.3) is 10.9 Å². The second kappa shape index (κ2) is 2.72. The number of aryl methyl sites for hydroxylation is 1. The lowest BCUT2D eigenvalue weighted by Gasteiger charge is -2.00. The minimum Gasteiger partial charge on any atom is -0.361 e. The third-order valence-corrected chi connectivity index (χ3v) is 2.36. The van der Waals surface area contributed by atoms with E-state index in [-0.39, 0.29) is 0 Å². The van der Waals surface area contributed by atoms with Gasteiger partial charge in [-0.05, 0) is 18.6 Å². The van der Waals surface area contributed by atoms with Crippen molar-refractivity contribution in [2.24, 2.45) is 0 Å². The molecule has 0 aliphatic rings. The van der Waals surface area contributed by atoms with Gasteiger partial charge in [0.05, 0.1) is 0 Å². The lowest BCUT2D eigenvalue weighted by molar-refractivity contribution is 1.36. The molecule has 1 aromatic carbocycles. The molecule has 1 N–H and O–H groups in total. The third kappa shape index (κ3) is 1.04. The molecule has 12 heavy (non-hydrogen) atoms. The third-order valence-electron chi connectivity index (χ3n) is 2.00. The maximum atomic E-state index is 5.19. The van der Waals surface area contributed by atoms with Crippen molar-refractivity contribution in [3.63, 3.8) is 0 Å². The van der Waals surface area contributed by atoms with Crippen LogP contribution in [0.4, 0.5) is 0 Å².